The second-order valence-electron chi connectivity index (χ2n) is 5.70. The van der Waals surface area contributed by atoms with Crippen molar-refractivity contribution in [2.24, 2.45) is 4.99 Å². The molecule has 0 bridgehead atoms. The summed E-state index contributed by atoms with van der Waals surface area (Å²) in [5.74, 6) is 0.881. The monoisotopic (exact) mass is 283 g/mol. The summed E-state index contributed by atoms with van der Waals surface area (Å²) >= 11 is 0. The van der Waals surface area contributed by atoms with Crippen LogP contribution in [0.15, 0.2) is 29.4 Å². The summed E-state index contributed by atoms with van der Waals surface area (Å²) in [6.07, 6.45) is 3.61. The maximum atomic E-state index is 5.70. The van der Waals surface area contributed by atoms with Gasteiger partial charge in [0.2, 0.25) is 0 Å². The number of hydrogen-bond donors (Lipinski definition) is 1. The number of allylic oxidation sites excluding steroid dienone is 3. The van der Waals surface area contributed by atoms with E-state index in [4.69, 9.17) is 4.74 Å². The van der Waals surface area contributed by atoms with Crippen LogP contribution in [0.2, 0.25) is 25.7 Å². The van der Waals surface area contributed by atoms with Gasteiger partial charge in [0.15, 0.2) is 0 Å². The molecule has 0 saturated heterocycles. The first-order valence-electron chi connectivity index (χ1n) is 6.67. The van der Waals surface area contributed by atoms with E-state index in [2.05, 4.69) is 36.6 Å². The van der Waals surface area contributed by atoms with Gasteiger partial charge in [-0.1, -0.05) is 32.3 Å². The number of amidine groups is 1. The van der Waals surface area contributed by atoms with Gasteiger partial charge in [-0.25, -0.2) is 10.4 Å². The number of hydrazine groups is 1. The van der Waals surface area contributed by atoms with E-state index in [1.807, 2.05) is 32.0 Å². The van der Waals surface area contributed by atoms with Crippen molar-refractivity contribution in [3.8, 4) is 0 Å². The van der Waals surface area contributed by atoms with Crippen molar-refractivity contribution in [3.63, 3.8) is 0 Å². The lowest BCUT2D eigenvalue weighted by Gasteiger charge is -2.23. The van der Waals surface area contributed by atoms with Gasteiger partial charge < -0.3 is 4.74 Å². The molecule has 19 heavy (non-hydrogen) atoms. The quantitative estimate of drug-likeness (QED) is 0.141. The number of hydrogen-bond acceptors (Lipinski definition) is 3. The Balaban J connectivity index is 4.27. The molecule has 0 rings (SSSR count). The van der Waals surface area contributed by atoms with Crippen LogP contribution in [0.1, 0.15) is 13.8 Å². The molecule has 0 saturated carbocycles. The zero-order chi connectivity index (χ0) is 14.9. The standard InChI is InChI=1S/C14H29N3OSi/c1-8-9-13(2)16-14(3)17(15-4)12-18-10-11-19(5,6)7/h8-9,15H,1,10-12H2,2-7H3/b13-9?,16-14-. The van der Waals surface area contributed by atoms with Crippen LogP contribution in [0, 0.1) is 0 Å². The number of aliphatic imine (C=N–C) groups is 1. The highest BCUT2D eigenvalue weighted by Crippen LogP contribution is 2.07. The molecule has 0 heterocycles. The number of rotatable bonds is 8. The summed E-state index contributed by atoms with van der Waals surface area (Å²) in [4.78, 5) is 4.46. The Morgan fingerprint density at radius 2 is 2.00 bits per heavy atom. The summed E-state index contributed by atoms with van der Waals surface area (Å²) in [7, 11) is 0.851. The van der Waals surface area contributed by atoms with Gasteiger partial charge in [-0.2, -0.15) is 0 Å². The number of ether oxygens (including phenoxy) is 1. The Bertz CT molecular complexity index is 332. The molecule has 4 nitrogen and oxygen atoms in total. The fourth-order valence-corrected chi connectivity index (χ4v) is 2.13. The largest absolute Gasteiger partial charge is 0.360 e. The summed E-state index contributed by atoms with van der Waals surface area (Å²) in [6, 6.07) is 1.18. The average Bonchev–Trinajstić information content (AvgIpc) is 2.27. The van der Waals surface area contributed by atoms with Gasteiger partial charge in [-0.15, -0.1) is 0 Å². The molecule has 0 fully saturated rings. The zero-order valence-corrected chi connectivity index (χ0v) is 14.3. The fourth-order valence-electron chi connectivity index (χ4n) is 1.38. The van der Waals surface area contributed by atoms with Crippen molar-refractivity contribution in [1.82, 2.24) is 10.4 Å². The van der Waals surface area contributed by atoms with Gasteiger partial charge in [0.25, 0.3) is 0 Å². The third-order valence-corrected chi connectivity index (χ3v) is 4.28. The van der Waals surface area contributed by atoms with Crippen LogP contribution < -0.4 is 5.43 Å². The van der Waals surface area contributed by atoms with Gasteiger partial charge in [-0.3, -0.25) is 5.01 Å². The molecule has 0 aromatic rings. The van der Waals surface area contributed by atoms with E-state index in [0.29, 0.717) is 6.73 Å². The molecule has 0 aliphatic rings. The van der Waals surface area contributed by atoms with Gasteiger partial charge in [0.05, 0.1) is 0 Å². The third kappa shape index (κ3) is 9.64. The first-order valence-corrected chi connectivity index (χ1v) is 10.4. The lowest BCUT2D eigenvalue weighted by atomic mass is 10.4. The predicted molar refractivity (Wildman–Crippen MR) is 86.9 cm³/mol. The zero-order valence-electron chi connectivity index (χ0n) is 13.3. The lowest BCUT2D eigenvalue weighted by Crippen LogP contribution is -2.41. The SMILES string of the molecule is C=CC=C(C)/N=C(/C)N(COCC[Si](C)(C)C)NC. The Labute approximate surface area is 119 Å². The number of nitrogens with one attached hydrogen (secondary N) is 1. The number of nitrogens with zero attached hydrogens (tertiary/aromatic N) is 2. The molecule has 0 aromatic carbocycles. The van der Waals surface area contributed by atoms with Crippen LogP contribution in [0.5, 0.6) is 0 Å². The molecule has 0 spiro atoms. The molecule has 0 aliphatic carbocycles. The van der Waals surface area contributed by atoms with Crippen molar-refractivity contribution >= 4 is 13.9 Å². The minimum Gasteiger partial charge on any atom is -0.360 e. The topological polar surface area (TPSA) is 36.9 Å². The summed E-state index contributed by atoms with van der Waals surface area (Å²) in [5, 5.41) is 1.89. The average molecular weight is 283 g/mol. The molecule has 5 heteroatoms. The molecule has 0 unspecified atom stereocenters. The van der Waals surface area contributed by atoms with E-state index in [-0.39, 0.29) is 0 Å². The molecule has 0 radical (unpaired) electrons. The normalized spacial score (nSPS) is 13.6. The maximum Gasteiger partial charge on any atom is 0.134 e. The molecule has 1 N–H and O–H groups in total. The first kappa shape index (κ1) is 18.1. The van der Waals surface area contributed by atoms with Crippen LogP contribution in [-0.2, 0) is 4.74 Å². The van der Waals surface area contributed by atoms with Crippen molar-refractivity contribution < 1.29 is 4.74 Å². The van der Waals surface area contributed by atoms with E-state index in [0.717, 1.165) is 18.1 Å². The Kier molecular flexibility index (Phi) is 8.63. The van der Waals surface area contributed by atoms with Crippen LogP contribution in [0.3, 0.4) is 0 Å². The summed E-state index contributed by atoms with van der Waals surface area (Å²) < 4.78 is 5.70. The highest BCUT2D eigenvalue weighted by atomic mass is 28.3. The van der Waals surface area contributed by atoms with E-state index in [9.17, 15) is 0 Å². The van der Waals surface area contributed by atoms with Crippen molar-refractivity contribution in [2.75, 3.05) is 20.4 Å². The molecular weight excluding hydrogens is 254 g/mol. The highest BCUT2D eigenvalue weighted by molar-refractivity contribution is 6.76. The second-order valence-corrected chi connectivity index (χ2v) is 11.3. The minimum atomic E-state index is -1.02. The fraction of sp³-hybridized carbons (Fsp3) is 0.643. The Hall–Kier alpha value is -0.913. The van der Waals surface area contributed by atoms with Crippen LogP contribution in [-0.4, -0.2) is 39.3 Å². The van der Waals surface area contributed by atoms with Crippen LogP contribution >= 0.6 is 0 Å². The van der Waals surface area contributed by atoms with E-state index >= 15 is 0 Å². The van der Waals surface area contributed by atoms with Crippen molar-refractivity contribution in [3.05, 3.63) is 24.4 Å². The van der Waals surface area contributed by atoms with Crippen molar-refractivity contribution in [1.29, 1.82) is 0 Å². The van der Waals surface area contributed by atoms with Gasteiger partial charge in [0, 0.05) is 27.4 Å². The molecular formula is C14H29N3OSi. The first-order chi connectivity index (χ1) is 8.80. The van der Waals surface area contributed by atoms with Crippen LogP contribution in [0.4, 0.5) is 0 Å². The molecule has 110 valence electrons. The molecule has 0 amide bonds. The molecule has 0 aromatic heterocycles. The van der Waals surface area contributed by atoms with E-state index < -0.39 is 8.07 Å². The van der Waals surface area contributed by atoms with Gasteiger partial charge in [0.1, 0.15) is 12.6 Å². The van der Waals surface area contributed by atoms with Gasteiger partial charge in [-0.05, 0) is 26.0 Å². The minimum absolute atomic E-state index is 0.512. The Morgan fingerprint density at radius 3 is 2.47 bits per heavy atom. The summed E-state index contributed by atoms with van der Waals surface area (Å²) in [6.45, 7) is 15.9. The van der Waals surface area contributed by atoms with E-state index in [1.54, 1.807) is 6.08 Å². The predicted octanol–water partition coefficient (Wildman–Crippen LogP) is 3.24. The van der Waals surface area contributed by atoms with Gasteiger partial charge >= 0.3 is 0 Å². The molecule has 0 atom stereocenters. The smallest absolute Gasteiger partial charge is 0.134 e. The van der Waals surface area contributed by atoms with Crippen molar-refractivity contribution in [2.45, 2.75) is 39.5 Å². The Morgan fingerprint density at radius 1 is 1.37 bits per heavy atom. The second kappa shape index (κ2) is 9.06. The summed E-state index contributed by atoms with van der Waals surface area (Å²) in [5.41, 5.74) is 4.01. The molecule has 0 aliphatic heterocycles. The lowest BCUT2D eigenvalue weighted by molar-refractivity contribution is 0.0539. The maximum absolute atomic E-state index is 5.70. The highest BCUT2D eigenvalue weighted by Gasteiger charge is 2.12. The van der Waals surface area contributed by atoms with E-state index in [1.165, 1.54) is 6.04 Å². The third-order valence-electron chi connectivity index (χ3n) is 2.57. The van der Waals surface area contributed by atoms with Crippen LogP contribution in [0.25, 0.3) is 0 Å².